The average molecular weight is 438 g/mol. The summed E-state index contributed by atoms with van der Waals surface area (Å²) in [6.45, 7) is 1.59. The number of rotatable bonds is 5. The van der Waals surface area contributed by atoms with Crippen LogP contribution in [-0.2, 0) is 11.3 Å². The zero-order chi connectivity index (χ0) is 21.3. The molecule has 1 atom stereocenters. The highest BCUT2D eigenvalue weighted by atomic mass is 32.2. The molecule has 0 spiro atoms. The van der Waals surface area contributed by atoms with Crippen molar-refractivity contribution >= 4 is 51.3 Å². The van der Waals surface area contributed by atoms with Gasteiger partial charge in [0.2, 0.25) is 0 Å². The van der Waals surface area contributed by atoms with E-state index in [-0.39, 0.29) is 5.82 Å². The lowest BCUT2D eigenvalue weighted by molar-refractivity contribution is 0.262. The standard InChI is InChI=1S/C16H16F2N8O3S/c17-8-3-4-9(25-30(28)29)11(18)12(8)21-16(27)22-13-10-14(20-7-19-13)23-24-15(10)26-5-1-2-6-26/h3-4,7,25H,1-2,5-6H2,(H,28,29)(H3,19,20,21,22,23,24,27). The number of hydrogen-bond acceptors (Lipinski definition) is 6. The van der Waals surface area contributed by atoms with Crippen LogP contribution in [0, 0.1) is 11.6 Å². The van der Waals surface area contributed by atoms with E-state index in [9.17, 15) is 17.8 Å². The van der Waals surface area contributed by atoms with Crippen LogP contribution in [0.5, 0.6) is 0 Å². The first-order valence-electron chi connectivity index (χ1n) is 8.81. The molecule has 1 saturated heterocycles. The summed E-state index contributed by atoms with van der Waals surface area (Å²) in [7, 11) is 0. The van der Waals surface area contributed by atoms with Crippen molar-refractivity contribution in [2.45, 2.75) is 12.8 Å². The van der Waals surface area contributed by atoms with Crippen LogP contribution in [0.15, 0.2) is 18.5 Å². The lowest BCUT2D eigenvalue weighted by Gasteiger charge is -2.15. The van der Waals surface area contributed by atoms with Crippen LogP contribution in [0.25, 0.3) is 11.0 Å². The third-order valence-electron chi connectivity index (χ3n) is 4.50. The number of aromatic nitrogens is 4. The molecule has 11 nitrogen and oxygen atoms in total. The number of urea groups is 1. The fourth-order valence-corrected chi connectivity index (χ4v) is 3.53. The van der Waals surface area contributed by atoms with Crippen LogP contribution in [-0.4, -0.2) is 48.0 Å². The Kier molecular flexibility index (Phi) is 5.41. The molecule has 5 N–H and O–H groups in total. The highest BCUT2D eigenvalue weighted by Crippen LogP contribution is 2.31. The van der Waals surface area contributed by atoms with Crippen molar-refractivity contribution in [3.63, 3.8) is 0 Å². The summed E-state index contributed by atoms with van der Waals surface area (Å²) in [5, 5.41) is 12.0. The molecule has 0 radical (unpaired) electrons. The van der Waals surface area contributed by atoms with E-state index in [4.69, 9.17) is 4.55 Å². The molecule has 2 aromatic heterocycles. The van der Waals surface area contributed by atoms with Crippen LogP contribution in [0.2, 0.25) is 0 Å². The molecule has 2 amide bonds. The normalized spacial score (nSPS) is 14.7. The van der Waals surface area contributed by atoms with E-state index in [0.717, 1.165) is 38.1 Å². The number of halogens is 2. The number of hydrogen-bond donors (Lipinski definition) is 5. The van der Waals surface area contributed by atoms with Gasteiger partial charge in [0.15, 0.2) is 23.1 Å². The molecular weight excluding hydrogens is 422 g/mol. The van der Waals surface area contributed by atoms with Crippen molar-refractivity contribution in [2.24, 2.45) is 0 Å². The van der Waals surface area contributed by atoms with Crippen LogP contribution in [0.3, 0.4) is 0 Å². The molecule has 14 heteroatoms. The molecule has 3 aromatic rings. The first kappa shape index (κ1) is 19.9. The van der Waals surface area contributed by atoms with Gasteiger partial charge in [-0.05, 0) is 25.0 Å². The van der Waals surface area contributed by atoms with Gasteiger partial charge in [0, 0.05) is 13.1 Å². The summed E-state index contributed by atoms with van der Waals surface area (Å²) in [4.78, 5) is 22.6. The summed E-state index contributed by atoms with van der Waals surface area (Å²) in [6.07, 6.45) is 3.23. The first-order chi connectivity index (χ1) is 14.4. The maximum atomic E-state index is 14.4. The number of H-pyrrole nitrogens is 1. The van der Waals surface area contributed by atoms with E-state index in [1.807, 2.05) is 9.62 Å². The number of nitrogens with zero attached hydrogens (tertiary/aromatic N) is 4. The fraction of sp³-hybridized carbons (Fsp3) is 0.250. The van der Waals surface area contributed by atoms with Crippen molar-refractivity contribution < 1.29 is 22.3 Å². The smallest absolute Gasteiger partial charge is 0.325 e. The fourth-order valence-electron chi connectivity index (χ4n) is 3.19. The lowest BCUT2D eigenvalue weighted by atomic mass is 10.2. The molecule has 4 rings (SSSR count). The molecule has 1 fully saturated rings. The van der Waals surface area contributed by atoms with Crippen molar-refractivity contribution in [3.8, 4) is 0 Å². The molecule has 1 unspecified atom stereocenters. The Morgan fingerprint density at radius 3 is 2.70 bits per heavy atom. The Labute approximate surface area is 170 Å². The molecule has 0 aliphatic carbocycles. The van der Waals surface area contributed by atoms with E-state index < -0.39 is 40.3 Å². The van der Waals surface area contributed by atoms with Crippen molar-refractivity contribution in [2.75, 3.05) is 33.3 Å². The summed E-state index contributed by atoms with van der Waals surface area (Å²) in [6, 6.07) is 0.811. The second kappa shape index (κ2) is 8.16. The Morgan fingerprint density at radius 2 is 1.97 bits per heavy atom. The van der Waals surface area contributed by atoms with Gasteiger partial charge in [0.25, 0.3) is 11.3 Å². The van der Waals surface area contributed by atoms with E-state index in [2.05, 4.69) is 30.8 Å². The van der Waals surface area contributed by atoms with Gasteiger partial charge in [0.05, 0.1) is 5.69 Å². The number of carbonyl (C=O) groups excluding carboxylic acids is 1. The Balaban J connectivity index is 1.60. The van der Waals surface area contributed by atoms with Gasteiger partial charge in [-0.1, -0.05) is 0 Å². The molecule has 1 aliphatic rings. The van der Waals surface area contributed by atoms with Crippen LogP contribution in [0.1, 0.15) is 12.8 Å². The number of fused-ring (bicyclic) bond motifs is 1. The molecule has 158 valence electrons. The second-order valence-corrected chi connectivity index (χ2v) is 7.10. The van der Waals surface area contributed by atoms with Crippen LogP contribution >= 0.6 is 0 Å². The zero-order valence-corrected chi connectivity index (χ0v) is 16.1. The Hall–Kier alpha value is -3.39. The van der Waals surface area contributed by atoms with Gasteiger partial charge in [-0.2, -0.15) is 5.10 Å². The second-order valence-electron chi connectivity index (χ2n) is 6.40. The highest BCUT2D eigenvalue weighted by molar-refractivity contribution is 7.80. The topological polar surface area (TPSA) is 148 Å². The van der Waals surface area contributed by atoms with E-state index in [1.54, 1.807) is 0 Å². The molecule has 1 aliphatic heterocycles. The minimum Gasteiger partial charge on any atom is -0.354 e. The van der Waals surface area contributed by atoms with Crippen molar-refractivity contribution in [3.05, 3.63) is 30.1 Å². The summed E-state index contributed by atoms with van der Waals surface area (Å²) in [5.41, 5.74) is -0.848. The largest absolute Gasteiger partial charge is 0.354 e. The number of anilines is 4. The maximum absolute atomic E-state index is 14.4. The van der Waals surface area contributed by atoms with Crippen LogP contribution < -0.4 is 20.3 Å². The summed E-state index contributed by atoms with van der Waals surface area (Å²) < 4.78 is 50.0. The van der Waals surface area contributed by atoms with Crippen molar-refractivity contribution in [1.29, 1.82) is 0 Å². The highest BCUT2D eigenvalue weighted by Gasteiger charge is 2.23. The maximum Gasteiger partial charge on any atom is 0.325 e. The quantitative estimate of drug-likeness (QED) is 0.384. The van der Waals surface area contributed by atoms with Gasteiger partial charge >= 0.3 is 6.03 Å². The Morgan fingerprint density at radius 1 is 1.20 bits per heavy atom. The van der Waals surface area contributed by atoms with Crippen LogP contribution in [0.4, 0.5) is 36.6 Å². The minimum atomic E-state index is -2.57. The van der Waals surface area contributed by atoms with E-state index in [1.165, 1.54) is 6.33 Å². The summed E-state index contributed by atoms with van der Waals surface area (Å²) in [5.74, 6) is -1.61. The zero-order valence-electron chi connectivity index (χ0n) is 15.3. The molecule has 1 aromatic carbocycles. The minimum absolute atomic E-state index is 0.111. The number of benzene rings is 1. The monoisotopic (exact) mass is 438 g/mol. The molecule has 3 heterocycles. The van der Waals surface area contributed by atoms with Gasteiger partial charge in [-0.3, -0.25) is 19.7 Å². The molecule has 0 saturated carbocycles. The van der Waals surface area contributed by atoms with Crippen molar-refractivity contribution in [1.82, 2.24) is 20.2 Å². The molecular formula is C16H16F2N8O3S. The van der Waals surface area contributed by atoms with E-state index in [0.29, 0.717) is 16.9 Å². The van der Waals surface area contributed by atoms with Gasteiger partial charge in [-0.25, -0.2) is 27.8 Å². The number of nitrogens with one attached hydrogen (secondary N) is 4. The third-order valence-corrected chi connectivity index (χ3v) is 4.90. The van der Waals surface area contributed by atoms with E-state index >= 15 is 0 Å². The number of aromatic amines is 1. The number of amides is 2. The summed E-state index contributed by atoms with van der Waals surface area (Å²) >= 11 is -2.57. The predicted molar refractivity (Wildman–Crippen MR) is 107 cm³/mol. The number of carbonyl (C=O) groups is 1. The predicted octanol–water partition coefficient (Wildman–Crippen LogP) is 2.42. The SMILES string of the molecule is O=C(Nc1c(F)ccc(NS(=O)O)c1F)Nc1ncnc2[nH]nc(N3CCCC3)c12. The lowest BCUT2D eigenvalue weighted by Crippen LogP contribution is -2.23. The van der Waals surface area contributed by atoms with Gasteiger partial charge in [-0.15, -0.1) is 0 Å². The van der Waals surface area contributed by atoms with Gasteiger partial charge in [0.1, 0.15) is 23.2 Å². The first-order valence-corrected chi connectivity index (χ1v) is 9.92. The molecule has 30 heavy (non-hydrogen) atoms. The Bertz CT molecular complexity index is 1140. The third kappa shape index (κ3) is 3.86. The average Bonchev–Trinajstić information content (AvgIpc) is 3.37. The molecule has 0 bridgehead atoms. The van der Waals surface area contributed by atoms with Gasteiger partial charge < -0.3 is 10.2 Å².